The highest BCUT2D eigenvalue weighted by Crippen LogP contribution is 2.36. The molecule has 2 aromatic carbocycles. The van der Waals surface area contributed by atoms with E-state index in [1.165, 1.54) is 6.07 Å². The van der Waals surface area contributed by atoms with Crippen LogP contribution >= 0.6 is 0 Å². The standard InChI is InChI=1S/C17H19FO3/c1-3-11-20-15-9-4-5-10-16(15)21-17-13(12(2)19)7-6-8-14(17)18/h4-10,12,19H,3,11H2,1-2H3. The Morgan fingerprint density at radius 1 is 1.10 bits per heavy atom. The topological polar surface area (TPSA) is 38.7 Å². The number of rotatable bonds is 6. The van der Waals surface area contributed by atoms with Gasteiger partial charge in [0.05, 0.1) is 12.7 Å². The predicted octanol–water partition coefficient (Wildman–Crippen LogP) is 4.46. The number of aliphatic hydroxyl groups excluding tert-OH is 1. The average molecular weight is 290 g/mol. The maximum Gasteiger partial charge on any atom is 0.169 e. The van der Waals surface area contributed by atoms with Gasteiger partial charge < -0.3 is 14.6 Å². The van der Waals surface area contributed by atoms with Crippen molar-refractivity contribution < 1.29 is 19.0 Å². The Hall–Kier alpha value is -2.07. The molecule has 2 rings (SSSR count). The minimum absolute atomic E-state index is 0.0278. The summed E-state index contributed by atoms with van der Waals surface area (Å²) in [7, 11) is 0. The molecule has 0 aliphatic rings. The SMILES string of the molecule is CCCOc1ccccc1Oc1c(F)cccc1C(C)O. The number of aliphatic hydroxyl groups is 1. The van der Waals surface area contributed by atoms with E-state index in [0.29, 0.717) is 23.7 Å². The first-order chi connectivity index (χ1) is 10.1. The van der Waals surface area contributed by atoms with Crippen molar-refractivity contribution in [1.82, 2.24) is 0 Å². The van der Waals surface area contributed by atoms with E-state index in [4.69, 9.17) is 9.47 Å². The van der Waals surface area contributed by atoms with Gasteiger partial charge in [0.1, 0.15) is 0 Å². The van der Waals surface area contributed by atoms with Crippen LogP contribution in [-0.2, 0) is 0 Å². The van der Waals surface area contributed by atoms with Gasteiger partial charge in [-0.05, 0) is 31.5 Å². The second-order valence-corrected chi connectivity index (χ2v) is 4.73. The molecule has 0 heterocycles. The second-order valence-electron chi connectivity index (χ2n) is 4.73. The molecule has 2 aromatic rings. The van der Waals surface area contributed by atoms with Crippen LogP contribution in [0.4, 0.5) is 4.39 Å². The first-order valence-corrected chi connectivity index (χ1v) is 6.99. The monoisotopic (exact) mass is 290 g/mol. The number of para-hydroxylation sites is 3. The molecule has 112 valence electrons. The van der Waals surface area contributed by atoms with Crippen LogP contribution in [0.25, 0.3) is 0 Å². The Morgan fingerprint density at radius 3 is 2.48 bits per heavy atom. The maximum atomic E-state index is 14.0. The summed E-state index contributed by atoms with van der Waals surface area (Å²) in [6, 6.07) is 11.6. The number of ether oxygens (including phenoxy) is 2. The molecule has 1 unspecified atom stereocenters. The molecular formula is C17H19FO3. The lowest BCUT2D eigenvalue weighted by molar-refractivity contribution is 0.194. The molecule has 0 amide bonds. The van der Waals surface area contributed by atoms with E-state index in [1.54, 1.807) is 37.3 Å². The van der Waals surface area contributed by atoms with Gasteiger partial charge in [0.15, 0.2) is 23.1 Å². The van der Waals surface area contributed by atoms with Crippen LogP contribution in [0.5, 0.6) is 17.2 Å². The first-order valence-electron chi connectivity index (χ1n) is 6.99. The molecule has 1 N–H and O–H groups in total. The lowest BCUT2D eigenvalue weighted by atomic mass is 10.1. The molecule has 21 heavy (non-hydrogen) atoms. The molecule has 0 aliphatic carbocycles. The molecule has 1 atom stereocenters. The molecule has 3 nitrogen and oxygen atoms in total. The minimum Gasteiger partial charge on any atom is -0.490 e. The average Bonchev–Trinajstić information content (AvgIpc) is 2.48. The quantitative estimate of drug-likeness (QED) is 0.853. The molecule has 0 fully saturated rings. The van der Waals surface area contributed by atoms with Crippen LogP contribution in [0, 0.1) is 5.82 Å². The van der Waals surface area contributed by atoms with Crippen molar-refractivity contribution in [3.8, 4) is 17.2 Å². The molecule has 0 bridgehead atoms. The van der Waals surface area contributed by atoms with Gasteiger partial charge in [-0.3, -0.25) is 0 Å². The summed E-state index contributed by atoms with van der Waals surface area (Å²) in [4.78, 5) is 0. The van der Waals surface area contributed by atoms with Crippen molar-refractivity contribution in [2.24, 2.45) is 0 Å². The third-order valence-corrected chi connectivity index (χ3v) is 2.97. The third kappa shape index (κ3) is 3.73. The molecule has 0 saturated heterocycles. The fraction of sp³-hybridized carbons (Fsp3) is 0.294. The zero-order chi connectivity index (χ0) is 15.2. The van der Waals surface area contributed by atoms with E-state index < -0.39 is 11.9 Å². The predicted molar refractivity (Wildman–Crippen MR) is 79.3 cm³/mol. The van der Waals surface area contributed by atoms with Crippen LogP contribution in [-0.4, -0.2) is 11.7 Å². The van der Waals surface area contributed by atoms with E-state index in [0.717, 1.165) is 6.42 Å². The Morgan fingerprint density at radius 2 is 1.81 bits per heavy atom. The van der Waals surface area contributed by atoms with Crippen molar-refractivity contribution in [1.29, 1.82) is 0 Å². The van der Waals surface area contributed by atoms with Gasteiger partial charge in [-0.1, -0.05) is 31.2 Å². The lowest BCUT2D eigenvalue weighted by Gasteiger charge is -2.16. The normalized spacial score (nSPS) is 12.0. The third-order valence-electron chi connectivity index (χ3n) is 2.97. The number of halogens is 1. The number of hydrogen-bond acceptors (Lipinski definition) is 3. The molecule has 4 heteroatoms. The van der Waals surface area contributed by atoms with Gasteiger partial charge in [0.2, 0.25) is 0 Å². The highest BCUT2D eigenvalue weighted by atomic mass is 19.1. The highest BCUT2D eigenvalue weighted by Gasteiger charge is 2.16. The summed E-state index contributed by atoms with van der Waals surface area (Å²) in [6.07, 6.45) is 0.0480. The van der Waals surface area contributed by atoms with Gasteiger partial charge in [0, 0.05) is 5.56 Å². The van der Waals surface area contributed by atoms with Crippen molar-refractivity contribution in [3.63, 3.8) is 0 Å². The minimum atomic E-state index is -0.820. The summed E-state index contributed by atoms with van der Waals surface area (Å²) in [5, 5.41) is 9.74. The Balaban J connectivity index is 2.34. The number of hydrogen-bond donors (Lipinski definition) is 1. The Labute approximate surface area is 124 Å². The van der Waals surface area contributed by atoms with Crippen molar-refractivity contribution in [2.45, 2.75) is 26.4 Å². The molecule has 0 saturated carbocycles. The second kappa shape index (κ2) is 7.09. The van der Waals surface area contributed by atoms with Crippen LogP contribution in [0.3, 0.4) is 0 Å². The van der Waals surface area contributed by atoms with Crippen LogP contribution in [0.2, 0.25) is 0 Å². The lowest BCUT2D eigenvalue weighted by Crippen LogP contribution is -2.01. The Bertz CT molecular complexity index is 596. The number of benzene rings is 2. The van der Waals surface area contributed by atoms with Gasteiger partial charge in [-0.2, -0.15) is 0 Å². The zero-order valence-electron chi connectivity index (χ0n) is 12.2. The van der Waals surface area contributed by atoms with E-state index in [1.807, 2.05) is 13.0 Å². The van der Waals surface area contributed by atoms with Crippen molar-refractivity contribution >= 4 is 0 Å². The maximum absolute atomic E-state index is 14.0. The van der Waals surface area contributed by atoms with Crippen LogP contribution < -0.4 is 9.47 Å². The van der Waals surface area contributed by atoms with E-state index in [2.05, 4.69) is 0 Å². The summed E-state index contributed by atoms with van der Waals surface area (Å²) in [5.41, 5.74) is 0.403. The summed E-state index contributed by atoms with van der Waals surface area (Å²) < 4.78 is 25.3. The van der Waals surface area contributed by atoms with Gasteiger partial charge in [-0.25, -0.2) is 4.39 Å². The molecule has 0 spiro atoms. The van der Waals surface area contributed by atoms with E-state index >= 15 is 0 Å². The highest BCUT2D eigenvalue weighted by molar-refractivity contribution is 5.45. The van der Waals surface area contributed by atoms with Gasteiger partial charge >= 0.3 is 0 Å². The summed E-state index contributed by atoms with van der Waals surface area (Å²) in [5.74, 6) is 0.496. The van der Waals surface area contributed by atoms with Gasteiger partial charge in [0.25, 0.3) is 0 Å². The smallest absolute Gasteiger partial charge is 0.169 e. The fourth-order valence-corrected chi connectivity index (χ4v) is 1.94. The van der Waals surface area contributed by atoms with Crippen molar-refractivity contribution in [3.05, 3.63) is 53.8 Å². The van der Waals surface area contributed by atoms with E-state index in [-0.39, 0.29) is 5.75 Å². The van der Waals surface area contributed by atoms with Crippen LogP contribution in [0.1, 0.15) is 31.9 Å². The summed E-state index contributed by atoms with van der Waals surface area (Å²) in [6.45, 7) is 4.13. The van der Waals surface area contributed by atoms with Gasteiger partial charge in [-0.15, -0.1) is 0 Å². The fourth-order valence-electron chi connectivity index (χ4n) is 1.94. The largest absolute Gasteiger partial charge is 0.490 e. The molecule has 0 aromatic heterocycles. The van der Waals surface area contributed by atoms with E-state index in [9.17, 15) is 9.50 Å². The molecule has 0 radical (unpaired) electrons. The molecule has 0 aliphatic heterocycles. The first kappa shape index (κ1) is 15.3. The molecular weight excluding hydrogens is 271 g/mol. The van der Waals surface area contributed by atoms with Crippen molar-refractivity contribution in [2.75, 3.05) is 6.61 Å². The Kier molecular flexibility index (Phi) is 5.17. The summed E-state index contributed by atoms with van der Waals surface area (Å²) >= 11 is 0. The van der Waals surface area contributed by atoms with Crippen LogP contribution in [0.15, 0.2) is 42.5 Å². The zero-order valence-corrected chi connectivity index (χ0v) is 12.2.